The molecule has 0 aliphatic heterocycles. The zero-order chi connectivity index (χ0) is 16.8. The van der Waals surface area contributed by atoms with Crippen molar-refractivity contribution in [2.75, 3.05) is 0 Å². The third-order valence-electron chi connectivity index (χ3n) is 3.71. The van der Waals surface area contributed by atoms with E-state index in [1.54, 1.807) is 6.08 Å². The van der Waals surface area contributed by atoms with Crippen molar-refractivity contribution in [3.8, 4) is 0 Å². The summed E-state index contributed by atoms with van der Waals surface area (Å²) in [6, 6.07) is 12.8. The summed E-state index contributed by atoms with van der Waals surface area (Å²) >= 11 is 0. The van der Waals surface area contributed by atoms with Crippen molar-refractivity contribution in [3.63, 3.8) is 0 Å². The number of carbonyl (C=O) groups is 2. The number of benzene rings is 2. The van der Waals surface area contributed by atoms with Gasteiger partial charge in [-0.3, -0.25) is 9.59 Å². The second kappa shape index (κ2) is 7.56. The maximum absolute atomic E-state index is 11.2. The number of rotatable bonds is 7. The molecule has 0 radical (unpaired) electrons. The number of hydrogen-bond donors (Lipinski definition) is 3. The molecule has 2 atom stereocenters. The number of carboxylic acids is 2. The van der Waals surface area contributed by atoms with Gasteiger partial charge in [-0.1, -0.05) is 48.6 Å². The molecule has 0 unspecified atom stereocenters. The van der Waals surface area contributed by atoms with Crippen LogP contribution in [-0.2, 0) is 9.59 Å². The fourth-order valence-electron chi connectivity index (χ4n) is 2.39. The van der Waals surface area contributed by atoms with Crippen LogP contribution in [0.1, 0.15) is 18.4 Å². The average molecular weight is 313 g/mol. The Morgan fingerprint density at radius 2 is 1.74 bits per heavy atom. The van der Waals surface area contributed by atoms with Gasteiger partial charge in [-0.05, 0) is 35.2 Å². The van der Waals surface area contributed by atoms with Crippen LogP contribution in [-0.4, -0.2) is 28.2 Å². The molecule has 4 N–H and O–H groups in total. The smallest absolute Gasteiger partial charge is 0.320 e. The van der Waals surface area contributed by atoms with Crippen molar-refractivity contribution >= 4 is 28.8 Å². The third kappa shape index (κ3) is 4.66. The summed E-state index contributed by atoms with van der Waals surface area (Å²) in [7, 11) is 0. The molecule has 23 heavy (non-hydrogen) atoms. The summed E-state index contributed by atoms with van der Waals surface area (Å²) in [5, 5.41) is 20.2. The summed E-state index contributed by atoms with van der Waals surface area (Å²) in [6.45, 7) is 0. The second-order valence-electron chi connectivity index (χ2n) is 5.46. The molecule has 2 rings (SSSR count). The van der Waals surface area contributed by atoms with Crippen LogP contribution in [0.4, 0.5) is 0 Å². The Balaban J connectivity index is 2.04. The Labute approximate surface area is 134 Å². The quantitative estimate of drug-likeness (QED) is 0.729. The first kappa shape index (κ1) is 16.7. The van der Waals surface area contributed by atoms with Crippen molar-refractivity contribution in [3.05, 3.63) is 54.1 Å². The molecule has 2 aromatic rings. The topological polar surface area (TPSA) is 101 Å². The van der Waals surface area contributed by atoms with Crippen LogP contribution in [0.2, 0.25) is 0 Å². The molecule has 0 fully saturated rings. The Bertz CT molecular complexity index is 739. The molecule has 5 nitrogen and oxygen atoms in total. The number of nitrogens with two attached hydrogens (primary N) is 1. The van der Waals surface area contributed by atoms with Gasteiger partial charge in [0.25, 0.3) is 0 Å². The average Bonchev–Trinajstić information content (AvgIpc) is 2.53. The Morgan fingerprint density at radius 3 is 2.39 bits per heavy atom. The van der Waals surface area contributed by atoms with Crippen LogP contribution >= 0.6 is 0 Å². The molecule has 0 aromatic heterocycles. The van der Waals surface area contributed by atoms with E-state index in [1.807, 2.05) is 48.5 Å². The zero-order valence-corrected chi connectivity index (χ0v) is 12.6. The van der Waals surface area contributed by atoms with E-state index in [4.69, 9.17) is 15.9 Å². The standard InChI is InChI=1S/C18H19NO4/c19-16(18(22)23)11-15(17(20)21)7-3-4-12-8-9-13-5-1-2-6-14(13)10-12/h1-6,8-10,15-16H,7,11,19H2,(H,20,21)(H,22,23)/t15-,16+/m1/s1. The largest absolute Gasteiger partial charge is 0.481 e. The molecule has 2 aromatic carbocycles. The van der Waals surface area contributed by atoms with Gasteiger partial charge in [0.1, 0.15) is 6.04 Å². The van der Waals surface area contributed by atoms with E-state index in [2.05, 4.69) is 0 Å². The summed E-state index contributed by atoms with van der Waals surface area (Å²) < 4.78 is 0. The predicted molar refractivity (Wildman–Crippen MR) is 89.0 cm³/mol. The predicted octanol–water partition coefficient (Wildman–Crippen LogP) is 2.75. The van der Waals surface area contributed by atoms with E-state index in [0.717, 1.165) is 16.3 Å². The lowest BCUT2D eigenvalue weighted by Gasteiger charge is -2.12. The number of aliphatic carboxylic acids is 2. The molecule has 0 bridgehead atoms. The van der Waals surface area contributed by atoms with Crippen molar-refractivity contribution in [2.24, 2.45) is 11.7 Å². The van der Waals surface area contributed by atoms with Gasteiger partial charge in [0, 0.05) is 0 Å². The van der Waals surface area contributed by atoms with Gasteiger partial charge < -0.3 is 15.9 Å². The minimum atomic E-state index is -1.19. The van der Waals surface area contributed by atoms with E-state index >= 15 is 0 Å². The molecular weight excluding hydrogens is 294 g/mol. The van der Waals surface area contributed by atoms with Gasteiger partial charge in [0.15, 0.2) is 0 Å². The maximum Gasteiger partial charge on any atom is 0.320 e. The summed E-state index contributed by atoms with van der Waals surface area (Å²) in [5.74, 6) is -3.03. The van der Waals surface area contributed by atoms with Crippen LogP contribution < -0.4 is 5.73 Å². The highest BCUT2D eigenvalue weighted by Crippen LogP contribution is 2.18. The minimum Gasteiger partial charge on any atom is -0.481 e. The maximum atomic E-state index is 11.2. The fraction of sp³-hybridized carbons (Fsp3) is 0.222. The van der Waals surface area contributed by atoms with Gasteiger partial charge in [-0.2, -0.15) is 0 Å². The van der Waals surface area contributed by atoms with Crippen LogP contribution in [0.25, 0.3) is 16.8 Å². The molecule has 120 valence electrons. The third-order valence-corrected chi connectivity index (χ3v) is 3.71. The van der Waals surface area contributed by atoms with Gasteiger partial charge >= 0.3 is 11.9 Å². The van der Waals surface area contributed by atoms with Gasteiger partial charge in [-0.25, -0.2) is 0 Å². The summed E-state index contributed by atoms with van der Waals surface area (Å²) in [5.41, 5.74) is 6.38. The lowest BCUT2D eigenvalue weighted by atomic mass is 9.96. The van der Waals surface area contributed by atoms with E-state index < -0.39 is 23.9 Å². The second-order valence-corrected chi connectivity index (χ2v) is 5.46. The van der Waals surface area contributed by atoms with Gasteiger partial charge in [0.05, 0.1) is 5.92 Å². The minimum absolute atomic E-state index is 0.0905. The summed E-state index contributed by atoms with van der Waals surface area (Å²) in [4.78, 5) is 21.9. The van der Waals surface area contributed by atoms with Crippen LogP contribution in [0, 0.1) is 5.92 Å². The number of carboxylic acid groups (broad SMARTS) is 2. The van der Waals surface area contributed by atoms with Gasteiger partial charge in [-0.15, -0.1) is 0 Å². The first-order valence-electron chi connectivity index (χ1n) is 7.34. The lowest BCUT2D eigenvalue weighted by Crippen LogP contribution is -2.34. The fourth-order valence-corrected chi connectivity index (χ4v) is 2.39. The van der Waals surface area contributed by atoms with E-state index in [1.165, 1.54) is 0 Å². The molecule has 0 aliphatic carbocycles. The van der Waals surface area contributed by atoms with Crippen LogP contribution in [0.5, 0.6) is 0 Å². The van der Waals surface area contributed by atoms with Crippen molar-refractivity contribution in [1.82, 2.24) is 0 Å². The number of allylic oxidation sites excluding steroid dienone is 1. The normalized spacial score (nSPS) is 14.0. The Kier molecular flexibility index (Phi) is 5.49. The Morgan fingerprint density at radius 1 is 1.04 bits per heavy atom. The van der Waals surface area contributed by atoms with Crippen molar-refractivity contribution in [2.45, 2.75) is 18.9 Å². The first-order chi connectivity index (χ1) is 11.0. The number of hydrogen-bond acceptors (Lipinski definition) is 3. The molecule has 0 aliphatic rings. The van der Waals surface area contributed by atoms with Crippen molar-refractivity contribution < 1.29 is 19.8 Å². The number of fused-ring (bicyclic) bond motifs is 1. The van der Waals surface area contributed by atoms with Crippen LogP contribution in [0.3, 0.4) is 0 Å². The molecule has 0 saturated heterocycles. The highest BCUT2D eigenvalue weighted by Gasteiger charge is 2.23. The van der Waals surface area contributed by atoms with E-state index in [0.29, 0.717) is 0 Å². The Hall–Kier alpha value is -2.66. The lowest BCUT2D eigenvalue weighted by molar-refractivity contribution is -0.143. The summed E-state index contributed by atoms with van der Waals surface area (Å²) in [6.07, 6.45) is 3.74. The first-order valence-corrected chi connectivity index (χ1v) is 7.34. The van der Waals surface area contributed by atoms with Crippen LogP contribution in [0.15, 0.2) is 48.5 Å². The SMILES string of the molecule is N[C@@H](C[C@@H](CC=Cc1ccc2ccccc2c1)C(=O)O)C(=O)O. The highest BCUT2D eigenvalue weighted by atomic mass is 16.4. The molecule has 0 heterocycles. The monoisotopic (exact) mass is 313 g/mol. The molecule has 5 heteroatoms. The molecule has 0 saturated carbocycles. The highest BCUT2D eigenvalue weighted by molar-refractivity contribution is 5.84. The molecule has 0 spiro atoms. The van der Waals surface area contributed by atoms with Crippen molar-refractivity contribution in [1.29, 1.82) is 0 Å². The molecule has 0 amide bonds. The van der Waals surface area contributed by atoms with E-state index in [9.17, 15) is 9.59 Å². The molecular formula is C18H19NO4. The van der Waals surface area contributed by atoms with Gasteiger partial charge in [0.2, 0.25) is 0 Å². The van der Waals surface area contributed by atoms with E-state index in [-0.39, 0.29) is 12.8 Å². The zero-order valence-electron chi connectivity index (χ0n) is 12.6.